The van der Waals surface area contributed by atoms with E-state index >= 15 is 0 Å². The Morgan fingerprint density at radius 3 is 2.75 bits per heavy atom. The van der Waals surface area contributed by atoms with E-state index in [2.05, 4.69) is 31.1 Å². The molecule has 0 unspecified atom stereocenters. The van der Waals surface area contributed by atoms with Crippen LogP contribution in [0.2, 0.25) is 0 Å². The molecule has 0 fully saturated rings. The lowest BCUT2D eigenvalue weighted by Crippen LogP contribution is -2.26. The van der Waals surface area contributed by atoms with E-state index in [0.29, 0.717) is 17.7 Å². The van der Waals surface area contributed by atoms with Gasteiger partial charge in [0.15, 0.2) is 0 Å². The normalized spacial score (nSPS) is 11.2. The molecule has 0 bridgehead atoms. The van der Waals surface area contributed by atoms with Crippen molar-refractivity contribution in [1.82, 2.24) is 10.3 Å². The van der Waals surface area contributed by atoms with Crippen LogP contribution in [0.5, 0.6) is 0 Å². The summed E-state index contributed by atoms with van der Waals surface area (Å²) < 4.78 is 0. The number of carbonyl (C=O) groups is 1. The molecule has 1 amide bonds. The third kappa shape index (κ3) is 4.91. The second-order valence-electron chi connectivity index (χ2n) is 5.14. The van der Waals surface area contributed by atoms with Crippen LogP contribution in [0, 0.1) is 5.41 Å². The summed E-state index contributed by atoms with van der Waals surface area (Å²) in [5, 5.41) is 2.87. The summed E-state index contributed by atoms with van der Waals surface area (Å²) in [6.07, 6.45) is 3.74. The van der Waals surface area contributed by atoms with Gasteiger partial charge in [0.2, 0.25) is 0 Å². The minimum absolute atomic E-state index is 0. The van der Waals surface area contributed by atoms with Crippen LogP contribution in [0.1, 0.15) is 45.5 Å². The van der Waals surface area contributed by atoms with E-state index in [-0.39, 0.29) is 7.33 Å². The van der Waals surface area contributed by atoms with Crippen LogP contribution in [0.15, 0.2) is 24.4 Å². The zero-order valence-electron chi connectivity index (χ0n) is 10.3. The zero-order chi connectivity index (χ0) is 12.0. The Kier molecular flexibility index (Phi) is 4.47. The Morgan fingerprint density at radius 2 is 2.19 bits per heavy atom. The molecule has 1 rings (SSSR count). The number of amides is 1. The molecule has 0 saturated carbocycles. The van der Waals surface area contributed by atoms with Crippen molar-refractivity contribution in [3.05, 3.63) is 30.1 Å². The number of nitrogens with zero attached hydrogens (tertiary/aromatic N) is 1. The predicted molar refractivity (Wildman–Crippen MR) is 67.4 cm³/mol. The molecular weight excluding hydrogens is 200 g/mol. The molecule has 0 atom stereocenters. The van der Waals surface area contributed by atoms with Crippen molar-refractivity contribution in [2.75, 3.05) is 6.54 Å². The highest BCUT2D eigenvalue weighted by Gasteiger charge is 2.10. The smallest absolute Gasteiger partial charge is 0.269 e. The van der Waals surface area contributed by atoms with Crippen LogP contribution in [-0.2, 0) is 0 Å². The summed E-state index contributed by atoms with van der Waals surface area (Å²) in [5.74, 6) is -0.0884. The van der Waals surface area contributed by atoms with E-state index in [1.165, 1.54) is 0 Å². The van der Waals surface area contributed by atoms with Crippen molar-refractivity contribution < 1.29 is 6.22 Å². The van der Waals surface area contributed by atoms with Crippen LogP contribution in [0.3, 0.4) is 0 Å². The molecule has 0 saturated heterocycles. The van der Waals surface area contributed by atoms with Crippen molar-refractivity contribution in [2.24, 2.45) is 5.41 Å². The Balaban J connectivity index is 0.00000256. The number of aromatic nitrogens is 1. The van der Waals surface area contributed by atoms with Gasteiger partial charge in [-0.3, -0.25) is 9.78 Å². The molecule has 1 aromatic heterocycles. The van der Waals surface area contributed by atoms with Crippen LogP contribution in [0.4, 0.5) is 0 Å². The van der Waals surface area contributed by atoms with Gasteiger partial charge in [0.25, 0.3) is 5.91 Å². The predicted octanol–water partition coefficient (Wildman–Crippen LogP) is 2.88. The first-order valence-electron chi connectivity index (χ1n) is 5.68. The lowest BCUT2D eigenvalue weighted by molar-refractivity contribution is 0.0946. The van der Waals surface area contributed by atoms with Crippen molar-refractivity contribution in [1.29, 1.82) is 0 Å². The van der Waals surface area contributed by atoms with Gasteiger partial charge < -0.3 is 5.32 Å². The van der Waals surface area contributed by atoms with Crippen molar-refractivity contribution in [3.8, 4) is 0 Å². The highest BCUT2D eigenvalue weighted by molar-refractivity contribution is 5.92. The molecule has 0 aliphatic carbocycles. The molecule has 0 spiro atoms. The largest absolute Gasteiger partial charge is 0.351 e. The van der Waals surface area contributed by atoms with Crippen LogP contribution in [0.25, 0.3) is 0 Å². The highest BCUT2D eigenvalue weighted by Crippen LogP contribution is 2.19. The van der Waals surface area contributed by atoms with Crippen molar-refractivity contribution in [2.45, 2.75) is 33.6 Å². The van der Waals surface area contributed by atoms with Crippen LogP contribution >= 0.6 is 0 Å². The third-order valence-corrected chi connectivity index (χ3v) is 2.29. The molecule has 1 aromatic rings. The van der Waals surface area contributed by atoms with Gasteiger partial charge in [0.05, 0.1) is 0 Å². The van der Waals surface area contributed by atoms with Gasteiger partial charge in [-0.05, 0) is 30.4 Å². The summed E-state index contributed by atoms with van der Waals surface area (Å²) in [4.78, 5) is 15.6. The van der Waals surface area contributed by atoms with Crippen LogP contribution < -0.4 is 5.32 Å². The van der Waals surface area contributed by atoms with Gasteiger partial charge in [0.1, 0.15) is 5.69 Å². The van der Waals surface area contributed by atoms with Crippen molar-refractivity contribution in [3.63, 3.8) is 0 Å². The minimum atomic E-state index is -0.0884. The average Bonchev–Trinajstić information content (AvgIpc) is 2.24. The SMILES string of the molecule is CC(C)(C)CCCNC(=O)c1ccccn1.[HH]. The Labute approximate surface area is 98.8 Å². The summed E-state index contributed by atoms with van der Waals surface area (Å²) in [6, 6.07) is 5.34. The van der Waals surface area contributed by atoms with Gasteiger partial charge >= 0.3 is 0 Å². The molecule has 90 valence electrons. The summed E-state index contributed by atoms with van der Waals surface area (Å²) in [5.41, 5.74) is 0.814. The lowest BCUT2D eigenvalue weighted by Gasteiger charge is -2.17. The van der Waals surface area contributed by atoms with Gasteiger partial charge in [-0.2, -0.15) is 0 Å². The molecule has 0 radical (unpaired) electrons. The zero-order valence-corrected chi connectivity index (χ0v) is 10.3. The summed E-state index contributed by atoms with van der Waals surface area (Å²) >= 11 is 0. The fourth-order valence-corrected chi connectivity index (χ4v) is 1.41. The number of pyridine rings is 1. The van der Waals surface area contributed by atoms with E-state index in [0.717, 1.165) is 12.8 Å². The van der Waals surface area contributed by atoms with Gasteiger partial charge in [0, 0.05) is 14.2 Å². The molecular formula is C13H22N2O. The molecule has 3 nitrogen and oxygen atoms in total. The topological polar surface area (TPSA) is 42.0 Å². The van der Waals surface area contributed by atoms with E-state index in [1.54, 1.807) is 18.3 Å². The number of rotatable bonds is 4. The fraction of sp³-hybridized carbons (Fsp3) is 0.538. The molecule has 0 aromatic carbocycles. The number of nitrogens with one attached hydrogen (secondary N) is 1. The Hall–Kier alpha value is -1.38. The lowest BCUT2D eigenvalue weighted by atomic mass is 9.91. The second-order valence-corrected chi connectivity index (χ2v) is 5.14. The van der Waals surface area contributed by atoms with E-state index in [9.17, 15) is 4.79 Å². The van der Waals surface area contributed by atoms with E-state index < -0.39 is 0 Å². The second kappa shape index (κ2) is 5.64. The van der Waals surface area contributed by atoms with Gasteiger partial charge in [-0.25, -0.2) is 0 Å². The standard InChI is InChI=1S/C13H20N2O.H2/c1-13(2,3)8-6-10-15-12(16)11-7-4-5-9-14-11;/h4-5,7,9H,6,8,10H2,1-3H3,(H,15,16);1H. The first-order valence-corrected chi connectivity index (χ1v) is 5.68. The molecule has 0 aliphatic rings. The van der Waals surface area contributed by atoms with E-state index in [4.69, 9.17) is 0 Å². The molecule has 1 heterocycles. The number of hydrogen-bond acceptors (Lipinski definition) is 2. The summed E-state index contributed by atoms with van der Waals surface area (Å²) in [7, 11) is 0. The molecule has 0 aliphatic heterocycles. The maximum atomic E-state index is 11.6. The quantitative estimate of drug-likeness (QED) is 0.796. The molecule has 3 heteroatoms. The minimum Gasteiger partial charge on any atom is -0.351 e. The Bertz CT molecular complexity index is 333. The maximum absolute atomic E-state index is 11.6. The molecule has 1 N–H and O–H groups in total. The monoisotopic (exact) mass is 222 g/mol. The maximum Gasteiger partial charge on any atom is 0.269 e. The average molecular weight is 222 g/mol. The summed E-state index contributed by atoms with van der Waals surface area (Å²) in [6.45, 7) is 7.32. The van der Waals surface area contributed by atoms with Crippen LogP contribution in [-0.4, -0.2) is 17.4 Å². The molecule has 16 heavy (non-hydrogen) atoms. The first kappa shape index (κ1) is 12.7. The number of carbonyl (C=O) groups excluding carboxylic acids is 1. The van der Waals surface area contributed by atoms with Gasteiger partial charge in [-0.15, -0.1) is 0 Å². The Morgan fingerprint density at radius 1 is 1.44 bits per heavy atom. The van der Waals surface area contributed by atoms with Crippen molar-refractivity contribution >= 4 is 5.91 Å². The van der Waals surface area contributed by atoms with E-state index in [1.807, 2.05) is 6.07 Å². The third-order valence-electron chi connectivity index (χ3n) is 2.29. The fourth-order valence-electron chi connectivity index (χ4n) is 1.41. The highest BCUT2D eigenvalue weighted by atomic mass is 16.1. The van der Waals surface area contributed by atoms with Gasteiger partial charge in [-0.1, -0.05) is 26.8 Å². The first-order chi connectivity index (χ1) is 7.49. The number of hydrogen-bond donors (Lipinski definition) is 1.